The van der Waals surface area contributed by atoms with Crippen LogP contribution in [-0.4, -0.2) is 59.8 Å². The Morgan fingerprint density at radius 1 is 1.10 bits per heavy atom. The Morgan fingerprint density at radius 2 is 1.84 bits per heavy atom. The lowest BCUT2D eigenvalue weighted by Crippen LogP contribution is -2.29. The Kier molecular flexibility index (Phi) is 7.61. The predicted octanol–water partition coefficient (Wildman–Crippen LogP) is -0.960. The minimum absolute atomic E-state index is 0.0202. The predicted molar refractivity (Wildman–Crippen MR) is 109 cm³/mol. The van der Waals surface area contributed by atoms with Crippen molar-refractivity contribution >= 4 is 23.4 Å². The average molecular weight is 458 g/mol. The van der Waals surface area contributed by atoms with Crippen LogP contribution in [-0.2, 0) is 9.47 Å². The number of aliphatic hydroxyl groups is 2. The van der Waals surface area contributed by atoms with Crippen LogP contribution in [0.15, 0.2) is 28.0 Å². The zero-order chi connectivity index (χ0) is 22.5. The zero-order valence-electron chi connectivity index (χ0n) is 16.3. The van der Waals surface area contributed by atoms with Crippen LogP contribution in [0.25, 0.3) is 0 Å². The van der Waals surface area contributed by atoms with E-state index in [0.717, 1.165) is 17.2 Å². The molecule has 0 amide bonds. The summed E-state index contributed by atoms with van der Waals surface area (Å²) in [7, 11) is 0. The molecule has 2 fully saturated rings. The molecule has 170 valence electrons. The monoisotopic (exact) mass is 458 g/mol. The summed E-state index contributed by atoms with van der Waals surface area (Å²) in [5.41, 5.74) is 9.06. The van der Waals surface area contributed by atoms with Crippen molar-refractivity contribution in [2.45, 2.75) is 36.8 Å². The van der Waals surface area contributed by atoms with Crippen molar-refractivity contribution in [3.8, 4) is 0 Å². The van der Waals surface area contributed by atoms with Gasteiger partial charge in [0.25, 0.3) is 0 Å². The Hall–Kier alpha value is -2.52. The van der Waals surface area contributed by atoms with Gasteiger partial charge in [0.1, 0.15) is 23.7 Å². The summed E-state index contributed by atoms with van der Waals surface area (Å²) >= 11 is 1.35. The van der Waals surface area contributed by atoms with Crippen molar-refractivity contribution in [1.29, 1.82) is 0 Å². The van der Waals surface area contributed by atoms with Gasteiger partial charge in [-0.05, 0) is 18.9 Å². The first-order chi connectivity index (χ1) is 14.8. The molecule has 4 heterocycles. The molecule has 0 saturated carbocycles. The van der Waals surface area contributed by atoms with Crippen LogP contribution in [0.3, 0.4) is 0 Å². The van der Waals surface area contributed by atoms with Crippen LogP contribution in [0.5, 0.6) is 0 Å². The smallest absolute Gasteiger partial charge is 0.351 e. The number of aliphatic hydroxyl groups excluding tert-OH is 2. The first kappa shape index (κ1) is 23.1. The largest absolute Gasteiger partial charge is 0.394 e. The van der Waals surface area contributed by atoms with E-state index in [2.05, 4.69) is 9.97 Å². The molecule has 2 aromatic heterocycles. The average Bonchev–Trinajstić information content (AvgIpc) is 3.40. The molecular weight excluding hydrogens is 435 g/mol. The Balaban J connectivity index is 0.000000176. The number of hydrogen-bond donors (Lipinski definition) is 4. The standard InChI is InChI=1S/C9H13N3O3.C8H10FN3O3S/c10-7-3-4-12(9(14)11-7)8-2-1-6(5-13)15-8;9-4-1-12(8(14)11-7(4)10)5-3-16-6(2-13)15-5/h3-4,6,8,13H,1-2,5H2,(H2,10,11,14);1,5-6,13H,2-3H2,(H2,10,11,14)/t6-,8+;5-,6+/m00/s1. The van der Waals surface area contributed by atoms with Crippen molar-refractivity contribution < 1.29 is 24.1 Å². The fourth-order valence-corrected chi connectivity index (χ4v) is 3.95. The molecule has 0 aliphatic carbocycles. The maximum atomic E-state index is 13.1. The molecule has 4 rings (SSSR count). The van der Waals surface area contributed by atoms with Crippen LogP contribution in [0.1, 0.15) is 25.3 Å². The number of nitrogens with zero attached hydrogens (tertiary/aromatic N) is 4. The zero-order valence-corrected chi connectivity index (χ0v) is 17.2. The minimum atomic E-state index is -0.763. The molecule has 6 N–H and O–H groups in total. The maximum Gasteiger partial charge on any atom is 0.351 e. The number of nitrogens with two attached hydrogens (primary N) is 2. The molecule has 0 aromatic carbocycles. The Bertz CT molecular complexity index is 1020. The second kappa shape index (κ2) is 10.2. The van der Waals surface area contributed by atoms with Crippen LogP contribution < -0.4 is 22.8 Å². The summed E-state index contributed by atoms with van der Waals surface area (Å²) in [5.74, 6) is -0.532. The summed E-state index contributed by atoms with van der Waals surface area (Å²) in [6.45, 7) is -0.172. The highest BCUT2D eigenvalue weighted by Crippen LogP contribution is 2.30. The SMILES string of the molecule is Nc1ccn([C@H]2CC[C@@H](CO)O2)c(=O)n1.Nc1nc(=O)n([C@@H]2CS[C@H](CO)O2)cc1F. The molecule has 2 aliphatic heterocycles. The lowest BCUT2D eigenvalue weighted by molar-refractivity contribution is -0.0245. The van der Waals surface area contributed by atoms with E-state index in [1.807, 2.05) is 0 Å². The van der Waals surface area contributed by atoms with Gasteiger partial charge in [-0.3, -0.25) is 9.13 Å². The first-order valence-corrected chi connectivity index (χ1v) is 10.4. The first-order valence-electron chi connectivity index (χ1n) is 9.35. The van der Waals surface area contributed by atoms with Gasteiger partial charge >= 0.3 is 11.4 Å². The molecule has 2 aromatic rings. The summed E-state index contributed by atoms with van der Waals surface area (Å²) in [6, 6.07) is 1.55. The molecule has 0 bridgehead atoms. The molecule has 14 heteroatoms. The van der Waals surface area contributed by atoms with E-state index in [4.69, 9.17) is 31.2 Å². The number of thioether (sulfide) groups is 1. The van der Waals surface area contributed by atoms with E-state index in [1.54, 1.807) is 12.3 Å². The van der Waals surface area contributed by atoms with Crippen molar-refractivity contribution in [3.63, 3.8) is 0 Å². The molecule has 12 nitrogen and oxygen atoms in total. The van der Waals surface area contributed by atoms with Gasteiger partial charge in [0.15, 0.2) is 11.6 Å². The van der Waals surface area contributed by atoms with Crippen molar-refractivity contribution in [1.82, 2.24) is 19.1 Å². The van der Waals surface area contributed by atoms with E-state index in [-0.39, 0.29) is 31.4 Å². The highest BCUT2D eigenvalue weighted by molar-refractivity contribution is 8.00. The number of ether oxygens (including phenoxy) is 2. The van der Waals surface area contributed by atoms with E-state index in [9.17, 15) is 14.0 Å². The molecular formula is C17H23FN6O6S. The van der Waals surface area contributed by atoms with E-state index in [1.165, 1.54) is 16.3 Å². The lowest BCUT2D eigenvalue weighted by Gasteiger charge is -2.14. The second-order valence-corrected chi connectivity index (χ2v) is 7.91. The van der Waals surface area contributed by atoms with Crippen molar-refractivity contribution in [2.24, 2.45) is 0 Å². The number of halogens is 1. The summed E-state index contributed by atoms with van der Waals surface area (Å²) < 4.78 is 26.3. The molecule has 0 spiro atoms. The molecule has 2 saturated heterocycles. The third kappa shape index (κ3) is 5.59. The molecule has 4 atom stereocenters. The Labute approximate surface area is 179 Å². The number of anilines is 2. The topological polar surface area (TPSA) is 181 Å². The number of hydrogen-bond acceptors (Lipinski definition) is 11. The van der Waals surface area contributed by atoms with Crippen molar-refractivity contribution in [3.05, 3.63) is 45.2 Å². The van der Waals surface area contributed by atoms with Crippen LogP contribution in [0, 0.1) is 5.82 Å². The summed E-state index contributed by atoms with van der Waals surface area (Å²) in [6.07, 6.45) is 2.86. The fourth-order valence-electron chi connectivity index (χ4n) is 3.02. The van der Waals surface area contributed by atoms with E-state index >= 15 is 0 Å². The Morgan fingerprint density at radius 3 is 2.45 bits per heavy atom. The lowest BCUT2D eigenvalue weighted by atomic mass is 10.2. The quantitative estimate of drug-likeness (QED) is 0.443. The molecule has 0 radical (unpaired) electrons. The third-order valence-corrected chi connectivity index (χ3v) is 5.69. The molecule has 0 unspecified atom stereocenters. The molecule has 31 heavy (non-hydrogen) atoms. The third-order valence-electron chi connectivity index (χ3n) is 4.58. The van der Waals surface area contributed by atoms with Gasteiger partial charge in [0.2, 0.25) is 0 Å². The van der Waals surface area contributed by atoms with Gasteiger partial charge < -0.3 is 31.2 Å². The number of rotatable bonds is 4. The second-order valence-electron chi connectivity index (χ2n) is 6.72. The minimum Gasteiger partial charge on any atom is -0.394 e. The number of nitrogen functional groups attached to an aromatic ring is 2. The van der Waals surface area contributed by atoms with E-state index in [0.29, 0.717) is 12.2 Å². The highest BCUT2D eigenvalue weighted by Gasteiger charge is 2.28. The highest BCUT2D eigenvalue weighted by atomic mass is 32.2. The molecule has 2 aliphatic rings. The van der Waals surface area contributed by atoms with Gasteiger partial charge in [0.05, 0.1) is 25.5 Å². The van der Waals surface area contributed by atoms with Gasteiger partial charge in [-0.15, -0.1) is 11.8 Å². The van der Waals surface area contributed by atoms with Crippen LogP contribution in [0.4, 0.5) is 16.0 Å². The van der Waals surface area contributed by atoms with Crippen LogP contribution in [0.2, 0.25) is 0 Å². The van der Waals surface area contributed by atoms with Crippen molar-refractivity contribution in [2.75, 3.05) is 30.4 Å². The van der Waals surface area contributed by atoms with Crippen LogP contribution >= 0.6 is 11.8 Å². The van der Waals surface area contributed by atoms with Gasteiger partial charge in [-0.25, -0.2) is 14.0 Å². The number of aromatic nitrogens is 4. The van der Waals surface area contributed by atoms with Gasteiger partial charge in [0, 0.05) is 11.9 Å². The van der Waals surface area contributed by atoms with E-state index < -0.39 is 34.7 Å². The summed E-state index contributed by atoms with van der Waals surface area (Å²) in [5, 5.41) is 17.8. The fraction of sp³-hybridized carbons (Fsp3) is 0.529. The van der Waals surface area contributed by atoms with Gasteiger partial charge in [-0.1, -0.05) is 0 Å². The summed E-state index contributed by atoms with van der Waals surface area (Å²) in [4.78, 5) is 29.8. The maximum absolute atomic E-state index is 13.1. The van der Waals surface area contributed by atoms with Gasteiger partial charge in [-0.2, -0.15) is 9.97 Å². The normalized spacial score (nSPS) is 25.3.